The Morgan fingerprint density at radius 1 is 0.531 bits per heavy atom. The van der Waals surface area contributed by atoms with Gasteiger partial charge in [0.15, 0.2) is 0 Å². The first-order chi connectivity index (χ1) is 14.2. The van der Waals surface area contributed by atoms with E-state index in [-0.39, 0.29) is 22.2 Å². The molecule has 0 spiro atoms. The lowest BCUT2D eigenvalue weighted by Crippen LogP contribution is -2.45. The zero-order valence-electron chi connectivity index (χ0n) is 23.5. The summed E-state index contributed by atoms with van der Waals surface area (Å²) in [5, 5.41) is 20.1. The van der Waals surface area contributed by atoms with E-state index in [1.54, 1.807) is 0 Å². The van der Waals surface area contributed by atoms with Crippen LogP contribution in [0.15, 0.2) is 0 Å². The summed E-state index contributed by atoms with van der Waals surface area (Å²) in [6.45, 7) is 26.2. The first-order valence-electron chi connectivity index (χ1n) is 12.5. The van der Waals surface area contributed by atoms with Crippen molar-refractivity contribution in [1.29, 1.82) is 0 Å². The van der Waals surface area contributed by atoms with E-state index in [1.165, 1.54) is 0 Å². The minimum atomic E-state index is -0.731. The van der Waals surface area contributed by atoms with Crippen LogP contribution in [0.2, 0.25) is 0 Å². The molecule has 0 aliphatic rings. The van der Waals surface area contributed by atoms with Gasteiger partial charge in [-0.1, -0.05) is 13.3 Å². The Morgan fingerprint density at radius 2 is 0.844 bits per heavy atom. The van der Waals surface area contributed by atoms with Crippen molar-refractivity contribution in [2.75, 3.05) is 19.8 Å². The van der Waals surface area contributed by atoms with Crippen LogP contribution >= 0.6 is 0 Å². The van der Waals surface area contributed by atoms with Gasteiger partial charge in [0.05, 0.1) is 41.2 Å². The van der Waals surface area contributed by atoms with Crippen molar-refractivity contribution in [1.82, 2.24) is 0 Å². The lowest BCUT2D eigenvalue weighted by atomic mass is 9.65. The summed E-state index contributed by atoms with van der Waals surface area (Å²) in [6.07, 6.45) is 4.84. The fourth-order valence-electron chi connectivity index (χ4n) is 4.97. The fourth-order valence-corrected chi connectivity index (χ4v) is 4.97. The molecule has 0 rings (SSSR count). The molecule has 0 bridgehead atoms. The van der Waals surface area contributed by atoms with E-state index >= 15 is 0 Å². The van der Waals surface area contributed by atoms with Crippen LogP contribution < -0.4 is 0 Å². The molecule has 0 aromatic carbocycles. The molecule has 0 fully saturated rings. The molecule has 32 heavy (non-hydrogen) atoms. The van der Waals surface area contributed by atoms with Crippen molar-refractivity contribution in [3.8, 4) is 0 Å². The van der Waals surface area contributed by atoms with Crippen molar-refractivity contribution >= 4 is 0 Å². The Morgan fingerprint density at radius 3 is 1.09 bits per heavy atom. The molecule has 0 unspecified atom stereocenters. The molecule has 0 aromatic rings. The number of rotatable bonds is 17. The summed E-state index contributed by atoms with van der Waals surface area (Å²) in [5.74, 6) is 0. The molecule has 0 amide bonds. The molecule has 0 radical (unpaired) electrons. The minimum absolute atomic E-state index is 0.0465. The largest absolute Gasteiger partial charge is 0.390 e. The van der Waals surface area contributed by atoms with Crippen molar-refractivity contribution in [2.45, 2.75) is 150 Å². The van der Waals surface area contributed by atoms with Crippen molar-refractivity contribution in [3.05, 3.63) is 0 Å². The van der Waals surface area contributed by atoms with E-state index in [2.05, 4.69) is 48.5 Å². The SMILES string of the molecule is CCOC(C)(C)CC(CC)(CC(C)(C)OCCC(C)(C)O)CC(C)(C)OCCC(C)(C)O. The average Bonchev–Trinajstić information content (AvgIpc) is 2.49. The molecular weight excluding hydrogens is 404 g/mol. The Labute approximate surface area is 199 Å². The second-order valence-electron chi connectivity index (χ2n) is 12.9. The van der Waals surface area contributed by atoms with Crippen LogP contribution in [-0.2, 0) is 14.2 Å². The molecule has 5 nitrogen and oxygen atoms in total. The number of aliphatic hydroxyl groups is 2. The third kappa shape index (κ3) is 14.8. The van der Waals surface area contributed by atoms with Gasteiger partial charge in [0.2, 0.25) is 0 Å². The van der Waals surface area contributed by atoms with Gasteiger partial charge in [-0.2, -0.15) is 0 Å². The quantitative estimate of drug-likeness (QED) is 0.267. The highest BCUT2D eigenvalue weighted by atomic mass is 16.5. The molecule has 0 saturated heterocycles. The molecular formula is C27H56O5. The highest BCUT2D eigenvalue weighted by Crippen LogP contribution is 2.47. The van der Waals surface area contributed by atoms with Crippen LogP contribution in [0.3, 0.4) is 0 Å². The van der Waals surface area contributed by atoms with E-state index in [4.69, 9.17) is 14.2 Å². The Balaban J connectivity index is 5.62. The van der Waals surface area contributed by atoms with Gasteiger partial charge in [0.25, 0.3) is 0 Å². The summed E-state index contributed by atoms with van der Waals surface area (Å²) < 4.78 is 18.7. The lowest BCUT2D eigenvalue weighted by molar-refractivity contribution is -0.125. The molecule has 0 heterocycles. The summed E-state index contributed by atoms with van der Waals surface area (Å²) in [7, 11) is 0. The highest BCUT2D eigenvalue weighted by molar-refractivity contribution is 4.95. The molecule has 0 aromatic heterocycles. The molecule has 194 valence electrons. The van der Waals surface area contributed by atoms with E-state index < -0.39 is 11.2 Å². The van der Waals surface area contributed by atoms with Gasteiger partial charge in [0, 0.05) is 6.61 Å². The second kappa shape index (κ2) is 12.0. The van der Waals surface area contributed by atoms with Gasteiger partial charge >= 0.3 is 0 Å². The molecule has 0 aliphatic heterocycles. The van der Waals surface area contributed by atoms with Gasteiger partial charge < -0.3 is 24.4 Å². The summed E-state index contributed by atoms with van der Waals surface area (Å²) in [4.78, 5) is 0. The maximum Gasteiger partial charge on any atom is 0.0631 e. The Bertz CT molecular complexity index is 489. The van der Waals surface area contributed by atoms with Gasteiger partial charge in [0.1, 0.15) is 0 Å². The first kappa shape index (κ1) is 31.8. The zero-order valence-corrected chi connectivity index (χ0v) is 23.5. The van der Waals surface area contributed by atoms with Crippen LogP contribution in [0.25, 0.3) is 0 Å². The highest BCUT2D eigenvalue weighted by Gasteiger charge is 2.44. The molecule has 0 saturated carbocycles. The predicted molar refractivity (Wildman–Crippen MR) is 134 cm³/mol. The fraction of sp³-hybridized carbons (Fsp3) is 1.00. The first-order valence-corrected chi connectivity index (χ1v) is 12.5. The van der Waals surface area contributed by atoms with Crippen LogP contribution in [0, 0.1) is 5.41 Å². The Kier molecular flexibility index (Phi) is 11.9. The normalized spacial score (nSPS) is 14.8. The van der Waals surface area contributed by atoms with Gasteiger partial charge in [-0.15, -0.1) is 0 Å². The zero-order chi connectivity index (χ0) is 25.5. The van der Waals surface area contributed by atoms with Crippen molar-refractivity contribution in [2.24, 2.45) is 5.41 Å². The van der Waals surface area contributed by atoms with E-state index in [9.17, 15) is 10.2 Å². The van der Waals surface area contributed by atoms with Crippen LogP contribution in [0.4, 0.5) is 0 Å². The summed E-state index contributed by atoms with van der Waals surface area (Å²) >= 11 is 0. The monoisotopic (exact) mass is 460 g/mol. The standard InChI is InChI=1S/C27H56O5/c1-13-27(19-24(7,8)30-14-2,20-25(9,10)31-17-15-22(3,4)28)21-26(11,12)32-18-16-23(5,6)29/h28-29H,13-21H2,1-12H3. The number of hydrogen-bond acceptors (Lipinski definition) is 5. The average molecular weight is 461 g/mol. The molecule has 2 N–H and O–H groups in total. The van der Waals surface area contributed by atoms with Gasteiger partial charge in [-0.05, 0) is 114 Å². The van der Waals surface area contributed by atoms with E-state index in [0.29, 0.717) is 32.7 Å². The maximum absolute atomic E-state index is 10.1. The number of ether oxygens (including phenoxy) is 3. The van der Waals surface area contributed by atoms with Crippen LogP contribution in [0.5, 0.6) is 0 Å². The topological polar surface area (TPSA) is 68.2 Å². The third-order valence-corrected chi connectivity index (χ3v) is 6.10. The Hall–Kier alpha value is -0.200. The minimum Gasteiger partial charge on any atom is -0.390 e. The molecule has 5 heteroatoms. The summed E-state index contributed by atoms with van der Waals surface area (Å²) in [6, 6.07) is 0. The smallest absolute Gasteiger partial charge is 0.0631 e. The second-order valence-corrected chi connectivity index (χ2v) is 12.9. The summed E-state index contributed by atoms with van der Waals surface area (Å²) in [5.41, 5.74) is -2.44. The third-order valence-electron chi connectivity index (χ3n) is 6.10. The van der Waals surface area contributed by atoms with Crippen molar-refractivity contribution < 1.29 is 24.4 Å². The predicted octanol–water partition coefficient (Wildman–Crippen LogP) is 6.28. The maximum atomic E-state index is 10.1. The van der Waals surface area contributed by atoms with Gasteiger partial charge in [-0.25, -0.2) is 0 Å². The van der Waals surface area contributed by atoms with Gasteiger partial charge in [-0.3, -0.25) is 0 Å². The number of hydrogen-bond donors (Lipinski definition) is 2. The molecule has 0 atom stereocenters. The van der Waals surface area contributed by atoms with E-state index in [1.807, 2.05) is 34.6 Å². The van der Waals surface area contributed by atoms with Crippen LogP contribution in [-0.4, -0.2) is 58.0 Å². The molecule has 0 aliphatic carbocycles. The van der Waals surface area contributed by atoms with Crippen molar-refractivity contribution in [3.63, 3.8) is 0 Å². The van der Waals surface area contributed by atoms with Crippen LogP contribution in [0.1, 0.15) is 122 Å². The lowest BCUT2D eigenvalue weighted by Gasteiger charge is -2.47. The van der Waals surface area contributed by atoms with E-state index in [0.717, 1.165) is 25.7 Å².